The largest absolute Gasteiger partial charge is 0.289 e. The minimum absolute atomic E-state index is 0.0506. The van der Waals surface area contributed by atoms with Crippen LogP contribution in [0.15, 0.2) is 42.5 Å². The van der Waals surface area contributed by atoms with Gasteiger partial charge in [0.2, 0.25) is 0 Å². The molecule has 0 aliphatic carbocycles. The molecule has 0 saturated heterocycles. The lowest BCUT2D eigenvalue weighted by atomic mass is 9.94. The number of aryl methyl sites for hydroxylation is 2. The fourth-order valence-electron chi connectivity index (χ4n) is 2.15. The van der Waals surface area contributed by atoms with E-state index in [1.54, 1.807) is 12.1 Å². The van der Waals surface area contributed by atoms with E-state index in [-0.39, 0.29) is 5.78 Å². The number of rotatable bonds is 4. The maximum absolute atomic E-state index is 12.6. The van der Waals surface area contributed by atoms with Gasteiger partial charge in [0.05, 0.1) is 0 Å². The molecule has 0 radical (unpaired) electrons. The third kappa shape index (κ3) is 3.05. The number of carbonyl (C=O) groups excluding carboxylic acids is 1. The minimum Gasteiger partial charge on any atom is -0.289 e. The van der Waals surface area contributed by atoms with E-state index in [2.05, 4.69) is 26.0 Å². The van der Waals surface area contributed by atoms with Crippen LogP contribution in [0, 0.1) is 0 Å². The maximum atomic E-state index is 12.6. The smallest absolute Gasteiger partial charge is 0.193 e. The van der Waals surface area contributed by atoms with E-state index in [0.717, 1.165) is 24.0 Å². The molecule has 0 fully saturated rings. The molecule has 2 rings (SSSR count). The average molecular weight is 273 g/mol. The average Bonchev–Trinajstić information content (AvgIpc) is 2.45. The zero-order valence-electron chi connectivity index (χ0n) is 11.2. The Morgan fingerprint density at radius 2 is 1.84 bits per heavy atom. The first kappa shape index (κ1) is 13.8. The molecule has 0 spiro atoms. The van der Waals surface area contributed by atoms with Gasteiger partial charge in [-0.3, -0.25) is 4.79 Å². The van der Waals surface area contributed by atoms with Gasteiger partial charge >= 0.3 is 0 Å². The van der Waals surface area contributed by atoms with E-state index in [0.29, 0.717) is 10.6 Å². The van der Waals surface area contributed by atoms with E-state index in [1.807, 2.05) is 18.2 Å². The summed E-state index contributed by atoms with van der Waals surface area (Å²) in [4.78, 5) is 12.6. The zero-order chi connectivity index (χ0) is 13.8. The molecule has 0 N–H and O–H groups in total. The monoisotopic (exact) mass is 272 g/mol. The number of carbonyl (C=O) groups is 1. The summed E-state index contributed by atoms with van der Waals surface area (Å²) in [6.07, 6.45) is 1.78. The van der Waals surface area contributed by atoms with Crippen molar-refractivity contribution in [3.05, 3.63) is 69.7 Å². The summed E-state index contributed by atoms with van der Waals surface area (Å²) < 4.78 is 0. The Labute approximate surface area is 119 Å². The number of benzene rings is 2. The molecule has 0 unspecified atom stereocenters. The van der Waals surface area contributed by atoms with Crippen molar-refractivity contribution >= 4 is 17.4 Å². The van der Waals surface area contributed by atoms with Gasteiger partial charge in [-0.05, 0) is 42.2 Å². The second-order valence-electron chi connectivity index (χ2n) is 4.54. The Hall–Kier alpha value is -1.60. The predicted octanol–water partition coefficient (Wildman–Crippen LogP) is 4.70. The molecule has 0 heterocycles. The van der Waals surface area contributed by atoms with Crippen LogP contribution in [0.4, 0.5) is 0 Å². The standard InChI is InChI=1S/C17H17ClO/c1-3-12-8-9-13(4-2)16(10-12)17(19)14-6-5-7-15(18)11-14/h5-11H,3-4H2,1-2H3. The molecule has 0 saturated carbocycles. The number of ketones is 1. The van der Waals surface area contributed by atoms with Crippen LogP contribution in [0.25, 0.3) is 0 Å². The molecule has 0 aliphatic heterocycles. The topological polar surface area (TPSA) is 17.1 Å². The molecule has 0 bridgehead atoms. The highest BCUT2D eigenvalue weighted by Gasteiger charge is 2.13. The molecule has 0 atom stereocenters. The fraction of sp³-hybridized carbons (Fsp3) is 0.235. The Morgan fingerprint density at radius 1 is 1.05 bits per heavy atom. The summed E-state index contributed by atoms with van der Waals surface area (Å²) in [6, 6.07) is 13.3. The Kier molecular flexibility index (Phi) is 4.39. The quantitative estimate of drug-likeness (QED) is 0.738. The van der Waals surface area contributed by atoms with Crippen LogP contribution in [0.1, 0.15) is 40.9 Å². The fourth-order valence-corrected chi connectivity index (χ4v) is 2.34. The van der Waals surface area contributed by atoms with Crippen LogP contribution in [-0.4, -0.2) is 5.78 Å². The normalized spacial score (nSPS) is 10.5. The second-order valence-corrected chi connectivity index (χ2v) is 4.97. The third-order valence-electron chi connectivity index (χ3n) is 3.29. The van der Waals surface area contributed by atoms with Crippen molar-refractivity contribution in [2.24, 2.45) is 0 Å². The molecule has 0 aromatic heterocycles. The molecule has 0 amide bonds. The molecule has 1 nitrogen and oxygen atoms in total. The van der Waals surface area contributed by atoms with Crippen LogP contribution in [0.3, 0.4) is 0 Å². The minimum atomic E-state index is 0.0506. The second kappa shape index (κ2) is 6.03. The summed E-state index contributed by atoms with van der Waals surface area (Å²) >= 11 is 5.96. The van der Waals surface area contributed by atoms with Crippen molar-refractivity contribution in [3.8, 4) is 0 Å². The van der Waals surface area contributed by atoms with Crippen molar-refractivity contribution in [1.82, 2.24) is 0 Å². The first-order chi connectivity index (χ1) is 9.15. The van der Waals surface area contributed by atoms with E-state index in [1.165, 1.54) is 5.56 Å². The van der Waals surface area contributed by atoms with Crippen LogP contribution >= 0.6 is 11.6 Å². The van der Waals surface area contributed by atoms with Crippen LogP contribution in [0.5, 0.6) is 0 Å². The summed E-state index contributed by atoms with van der Waals surface area (Å²) in [6.45, 7) is 4.16. The predicted molar refractivity (Wildman–Crippen MR) is 80.1 cm³/mol. The van der Waals surface area contributed by atoms with Crippen molar-refractivity contribution in [2.75, 3.05) is 0 Å². The third-order valence-corrected chi connectivity index (χ3v) is 3.53. The number of halogens is 1. The SMILES string of the molecule is CCc1ccc(CC)c(C(=O)c2cccc(Cl)c2)c1. The molecule has 98 valence electrons. The van der Waals surface area contributed by atoms with Crippen LogP contribution < -0.4 is 0 Å². The lowest BCUT2D eigenvalue weighted by Gasteiger charge is -2.09. The number of hydrogen-bond acceptors (Lipinski definition) is 1. The van der Waals surface area contributed by atoms with Gasteiger partial charge in [0.15, 0.2) is 5.78 Å². The van der Waals surface area contributed by atoms with Gasteiger partial charge in [0, 0.05) is 16.1 Å². The zero-order valence-corrected chi connectivity index (χ0v) is 12.0. The van der Waals surface area contributed by atoms with Gasteiger partial charge in [-0.2, -0.15) is 0 Å². The van der Waals surface area contributed by atoms with E-state index >= 15 is 0 Å². The molecule has 2 heteroatoms. The van der Waals surface area contributed by atoms with Crippen LogP contribution in [0.2, 0.25) is 5.02 Å². The first-order valence-electron chi connectivity index (χ1n) is 6.57. The van der Waals surface area contributed by atoms with E-state index in [9.17, 15) is 4.79 Å². The highest BCUT2D eigenvalue weighted by molar-refractivity contribution is 6.31. The lowest BCUT2D eigenvalue weighted by Crippen LogP contribution is -2.06. The maximum Gasteiger partial charge on any atom is 0.193 e. The van der Waals surface area contributed by atoms with Gasteiger partial charge in [0.1, 0.15) is 0 Å². The van der Waals surface area contributed by atoms with E-state index in [4.69, 9.17) is 11.6 Å². The molecular formula is C17H17ClO. The first-order valence-corrected chi connectivity index (χ1v) is 6.95. The molecular weight excluding hydrogens is 256 g/mol. The molecule has 0 aliphatic rings. The summed E-state index contributed by atoms with van der Waals surface area (Å²) in [5, 5.41) is 0.593. The van der Waals surface area contributed by atoms with Gasteiger partial charge in [-0.25, -0.2) is 0 Å². The van der Waals surface area contributed by atoms with E-state index < -0.39 is 0 Å². The highest BCUT2D eigenvalue weighted by atomic mass is 35.5. The number of hydrogen-bond donors (Lipinski definition) is 0. The summed E-state index contributed by atoms with van der Waals surface area (Å²) in [7, 11) is 0. The Morgan fingerprint density at radius 3 is 2.47 bits per heavy atom. The van der Waals surface area contributed by atoms with Gasteiger partial charge in [-0.15, -0.1) is 0 Å². The molecule has 2 aromatic carbocycles. The van der Waals surface area contributed by atoms with Gasteiger partial charge in [0.25, 0.3) is 0 Å². The van der Waals surface area contributed by atoms with Crippen molar-refractivity contribution in [2.45, 2.75) is 26.7 Å². The van der Waals surface area contributed by atoms with Gasteiger partial charge < -0.3 is 0 Å². The highest BCUT2D eigenvalue weighted by Crippen LogP contribution is 2.20. The van der Waals surface area contributed by atoms with Crippen LogP contribution in [-0.2, 0) is 12.8 Å². The Balaban J connectivity index is 2.48. The van der Waals surface area contributed by atoms with Gasteiger partial charge in [-0.1, -0.05) is 49.7 Å². The van der Waals surface area contributed by atoms with Crippen molar-refractivity contribution < 1.29 is 4.79 Å². The van der Waals surface area contributed by atoms with Crippen molar-refractivity contribution in [1.29, 1.82) is 0 Å². The summed E-state index contributed by atoms with van der Waals surface area (Å²) in [5.74, 6) is 0.0506. The molecule has 2 aromatic rings. The molecule has 19 heavy (non-hydrogen) atoms. The summed E-state index contributed by atoms with van der Waals surface area (Å²) in [5.41, 5.74) is 3.71. The Bertz CT molecular complexity index is 602. The lowest BCUT2D eigenvalue weighted by molar-refractivity contribution is 0.103. The van der Waals surface area contributed by atoms with Crippen molar-refractivity contribution in [3.63, 3.8) is 0 Å².